The van der Waals surface area contributed by atoms with E-state index in [2.05, 4.69) is 21.2 Å². The van der Waals surface area contributed by atoms with Gasteiger partial charge < -0.3 is 10.4 Å². The maximum atomic E-state index is 11.9. The number of fused-ring (bicyclic) bond motifs is 1. The number of anilines is 1. The molecule has 0 aliphatic carbocycles. The number of amides is 1. The second-order valence-electron chi connectivity index (χ2n) is 4.15. The molecule has 0 radical (unpaired) electrons. The van der Waals surface area contributed by atoms with Crippen LogP contribution in [0.15, 0.2) is 21.5 Å². The van der Waals surface area contributed by atoms with Crippen molar-refractivity contribution in [2.45, 2.75) is 29.9 Å². The molecule has 0 spiro atoms. The topological polar surface area (TPSA) is 66.4 Å². The minimum atomic E-state index is -0.875. The molecule has 2 N–H and O–H groups in total. The predicted molar refractivity (Wildman–Crippen MR) is 74.0 cm³/mol. The molecule has 2 rings (SSSR count). The number of aliphatic carboxylic acids is 1. The molecule has 1 heterocycles. The fourth-order valence-corrected chi connectivity index (χ4v) is 3.83. The van der Waals surface area contributed by atoms with E-state index in [1.165, 1.54) is 11.8 Å². The van der Waals surface area contributed by atoms with Crippen molar-refractivity contribution in [3.8, 4) is 0 Å². The fourth-order valence-electron chi connectivity index (χ4n) is 1.78. The lowest BCUT2D eigenvalue weighted by atomic mass is 10.2. The molecule has 0 saturated carbocycles. The Morgan fingerprint density at radius 1 is 1.56 bits per heavy atom. The fraction of sp³-hybridized carbons (Fsp3) is 0.333. The Morgan fingerprint density at radius 2 is 2.28 bits per heavy atom. The van der Waals surface area contributed by atoms with Gasteiger partial charge >= 0.3 is 5.97 Å². The zero-order chi connectivity index (χ0) is 13.3. The van der Waals surface area contributed by atoms with Gasteiger partial charge in [0.05, 0.1) is 10.9 Å². The quantitative estimate of drug-likeness (QED) is 0.894. The van der Waals surface area contributed by atoms with Gasteiger partial charge in [-0.2, -0.15) is 0 Å². The Balaban J connectivity index is 2.21. The van der Waals surface area contributed by atoms with Gasteiger partial charge in [0.1, 0.15) is 0 Å². The molecule has 1 amide bonds. The highest BCUT2D eigenvalue weighted by Crippen LogP contribution is 2.41. The van der Waals surface area contributed by atoms with E-state index in [9.17, 15) is 9.59 Å². The summed E-state index contributed by atoms with van der Waals surface area (Å²) < 4.78 is 0.857. The van der Waals surface area contributed by atoms with Crippen LogP contribution in [-0.2, 0) is 9.59 Å². The van der Waals surface area contributed by atoms with Gasteiger partial charge in [0.2, 0.25) is 5.91 Å². The number of carbonyl (C=O) groups excluding carboxylic acids is 1. The first-order chi connectivity index (χ1) is 8.47. The molecule has 18 heavy (non-hydrogen) atoms. The highest BCUT2D eigenvalue weighted by molar-refractivity contribution is 9.10. The summed E-state index contributed by atoms with van der Waals surface area (Å²) in [5.74, 6) is -1.00. The van der Waals surface area contributed by atoms with Crippen LogP contribution >= 0.6 is 27.7 Å². The van der Waals surface area contributed by atoms with Crippen molar-refractivity contribution < 1.29 is 14.7 Å². The SMILES string of the molecule is Cc1cc(Br)c2c(c1)SC(CCC(=O)O)C(=O)N2. The Bertz CT molecular complexity index is 518. The third-order valence-electron chi connectivity index (χ3n) is 2.63. The maximum absolute atomic E-state index is 11.9. The van der Waals surface area contributed by atoms with Gasteiger partial charge in [0.25, 0.3) is 0 Å². The van der Waals surface area contributed by atoms with E-state index in [1.807, 2.05) is 19.1 Å². The van der Waals surface area contributed by atoms with Gasteiger partial charge in [0, 0.05) is 15.8 Å². The summed E-state index contributed by atoms with van der Waals surface area (Å²) in [5, 5.41) is 11.2. The Hall–Kier alpha value is -1.01. The summed E-state index contributed by atoms with van der Waals surface area (Å²) in [6.07, 6.45) is 0.351. The van der Waals surface area contributed by atoms with Crippen LogP contribution in [0.1, 0.15) is 18.4 Å². The van der Waals surface area contributed by atoms with Crippen molar-refractivity contribution in [2.75, 3.05) is 5.32 Å². The second kappa shape index (κ2) is 5.32. The summed E-state index contributed by atoms with van der Waals surface area (Å²) in [4.78, 5) is 23.4. The summed E-state index contributed by atoms with van der Waals surface area (Å²) in [5.41, 5.74) is 1.88. The number of benzene rings is 1. The molecule has 1 aromatic rings. The average molecular weight is 330 g/mol. The van der Waals surface area contributed by atoms with Crippen molar-refractivity contribution in [3.05, 3.63) is 22.2 Å². The Kier molecular flexibility index (Phi) is 3.97. The van der Waals surface area contributed by atoms with Crippen LogP contribution in [0.2, 0.25) is 0 Å². The van der Waals surface area contributed by atoms with Crippen molar-refractivity contribution in [2.24, 2.45) is 0 Å². The number of carboxylic acid groups (broad SMARTS) is 1. The molecule has 6 heteroatoms. The third-order valence-corrected chi connectivity index (χ3v) is 4.56. The van der Waals surface area contributed by atoms with E-state index in [4.69, 9.17) is 5.11 Å². The standard InChI is InChI=1S/C12H12BrNO3S/c1-6-4-7(13)11-9(5-6)18-8(12(17)14-11)2-3-10(15)16/h4-5,8H,2-3H2,1H3,(H,14,17)(H,15,16). The van der Waals surface area contributed by atoms with Gasteiger partial charge in [-0.3, -0.25) is 9.59 Å². The summed E-state index contributed by atoms with van der Waals surface area (Å²) in [7, 11) is 0. The van der Waals surface area contributed by atoms with Crippen LogP contribution in [0.5, 0.6) is 0 Å². The third kappa shape index (κ3) is 2.87. The lowest BCUT2D eigenvalue weighted by Crippen LogP contribution is -2.29. The summed E-state index contributed by atoms with van der Waals surface area (Å²) in [6.45, 7) is 1.98. The van der Waals surface area contributed by atoms with Crippen molar-refractivity contribution in [1.82, 2.24) is 0 Å². The first-order valence-corrected chi connectivity index (χ1v) is 7.14. The van der Waals surface area contributed by atoms with E-state index in [0.717, 1.165) is 20.6 Å². The zero-order valence-electron chi connectivity index (χ0n) is 9.70. The smallest absolute Gasteiger partial charge is 0.303 e. The number of aryl methyl sites for hydroxylation is 1. The monoisotopic (exact) mass is 329 g/mol. The number of hydrogen-bond acceptors (Lipinski definition) is 3. The minimum Gasteiger partial charge on any atom is -0.481 e. The van der Waals surface area contributed by atoms with Crippen LogP contribution in [0, 0.1) is 6.92 Å². The van der Waals surface area contributed by atoms with Gasteiger partial charge in [-0.1, -0.05) is 0 Å². The van der Waals surface area contributed by atoms with Crippen LogP contribution in [0.25, 0.3) is 0 Å². The number of hydrogen-bond donors (Lipinski definition) is 2. The van der Waals surface area contributed by atoms with Gasteiger partial charge in [-0.05, 0) is 47.0 Å². The molecule has 1 aliphatic rings. The second-order valence-corrected chi connectivity index (χ2v) is 6.25. The van der Waals surface area contributed by atoms with Crippen molar-refractivity contribution >= 4 is 45.3 Å². The zero-order valence-corrected chi connectivity index (χ0v) is 12.1. The molecule has 1 unspecified atom stereocenters. The van der Waals surface area contributed by atoms with E-state index >= 15 is 0 Å². The highest BCUT2D eigenvalue weighted by atomic mass is 79.9. The van der Waals surface area contributed by atoms with E-state index in [-0.39, 0.29) is 17.6 Å². The number of rotatable bonds is 3. The first-order valence-electron chi connectivity index (χ1n) is 5.47. The Labute approximate surface area is 117 Å². The van der Waals surface area contributed by atoms with E-state index in [0.29, 0.717) is 6.42 Å². The average Bonchev–Trinajstić information content (AvgIpc) is 2.27. The largest absolute Gasteiger partial charge is 0.481 e. The minimum absolute atomic E-state index is 0.00735. The highest BCUT2D eigenvalue weighted by Gasteiger charge is 2.28. The lowest BCUT2D eigenvalue weighted by molar-refractivity contribution is -0.137. The molecular weight excluding hydrogens is 318 g/mol. The molecule has 4 nitrogen and oxygen atoms in total. The summed E-state index contributed by atoms with van der Waals surface area (Å²) >= 11 is 4.85. The van der Waals surface area contributed by atoms with Crippen LogP contribution < -0.4 is 5.32 Å². The molecule has 0 bridgehead atoms. The van der Waals surface area contributed by atoms with Gasteiger partial charge in [-0.15, -0.1) is 11.8 Å². The number of thioether (sulfide) groups is 1. The number of carboxylic acids is 1. The number of halogens is 1. The van der Waals surface area contributed by atoms with Crippen LogP contribution in [-0.4, -0.2) is 22.2 Å². The number of nitrogens with one attached hydrogen (secondary N) is 1. The van der Waals surface area contributed by atoms with Crippen LogP contribution in [0.3, 0.4) is 0 Å². The molecule has 96 valence electrons. The molecular formula is C12H12BrNO3S. The Morgan fingerprint density at radius 3 is 2.94 bits per heavy atom. The predicted octanol–water partition coefficient (Wildman–Crippen LogP) is 3.04. The maximum Gasteiger partial charge on any atom is 0.303 e. The molecule has 0 saturated heterocycles. The van der Waals surface area contributed by atoms with Crippen LogP contribution in [0.4, 0.5) is 5.69 Å². The van der Waals surface area contributed by atoms with Gasteiger partial charge in [0.15, 0.2) is 0 Å². The molecule has 0 fully saturated rings. The summed E-state index contributed by atoms with van der Waals surface area (Å²) in [6, 6.07) is 3.94. The molecule has 1 aromatic carbocycles. The van der Waals surface area contributed by atoms with Gasteiger partial charge in [-0.25, -0.2) is 0 Å². The van der Waals surface area contributed by atoms with Crippen molar-refractivity contribution in [1.29, 1.82) is 0 Å². The normalized spacial score (nSPS) is 18.1. The van der Waals surface area contributed by atoms with E-state index in [1.54, 1.807) is 0 Å². The van der Waals surface area contributed by atoms with E-state index < -0.39 is 5.97 Å². The first kappa shape index (κ1) is 13.4. The molecule has 1 atom stereocenters. The van der Waals surface area contributed by atoms with Crippen molar-refractivity contribution in [3.63, 3.8) is 0 Å². The molecule has 1 aliphatic heterocycles. The number of carbonyl (C=O) groups is 2. The molecule has 0 aromatic heterocycles. The lowest BCUT2D eigenvalue weighted by Gasteiger charge is -2.25.